The molecule has 0 spiro atoms. The van der Waals surface area contributed by atoms with Crippen molar-refractivity contribution in [3.8, 4) is 0 Å². The largest absolute Gasteiger partial charge is 0.375 e. The van der Waals surface area contributed by atoms with Gasteiger partial charge in [0, 0.05) is 26.2 Å². The van der Waals surface area contributed by atoms with Gasteiger partial charge in [0.2, 0.25) is 15.9 Å². The number of hydrogen-bond donors (Lipinski definition) is 0. The van der Waals surface area contributed by atoms with E-state index in [0.717, 1.165) is 24.8 Å². The van der Waals surface area contributed by atoms with Gasteiger partial charge in [0.15, 0.2) is 0 Å². The van der Waals surface area contributed by atoms with Crippen LogP contribution in [0, 0.1) is 0 Å². The third kappa shape index (κ3) is 4.40. The van der Waals surface area contributed by atoms with E-state index < -0.39 is 10.0 Å². The molecule has 7 heteroatoms. The average molecular weight is 366 g/mol. The van der Waals surface area contributed by atoms with Crippen LogP contribution in [0.1, 0.15) is 31.7 Å². The first-order valence-corrected chi connectivity index (χ1v) is 10.4. The molecule has 138 valence electrons. The zero-order valence-corrected chi connectivity index (χ0v) is 15.5. The summed E-state index contributed by atoms with van der Waals surface area (Å²) in [4.78, 5) is 14.5. The summed E-state index contributed by atoms with van der Waals surface area (Å²) >= 11 is 0. The van der Waals surface area contributed by atoms with Gasteiger partial charge in [-0.05, 0) is 37.5 Å². The summed E-state index contributed by atoms with van der Waals surface area (Å²) in [6.45, 7) is 4.94. The van der Waals surface area contributed by atoms with Gasteiger partial charge in [-0.25, -0.2) is 8.42 Å². The summed E-state index contributed by atoms with van der Waals surface area (Å²) in [5, 5.41) is 0. The fourth-order valence-electron chi connectivity index (χ4n) is 3.36. The predicted octanol–water partition coefficient (Wildman–Crippen LogP) is 1.65. The Hall–Kier alpha value is -1.44. The number of morpholine rings is 1. The molecule has 1 unspecified atom stereocenters. The number of piperidine rings is 1. The normalized spacial score (nSPS) is 22.8. The molecule has 2 heterocycles. The summed E-state index contributed by atoms with van der Waals surface area (Å²) in [6.07, 6.45) is 3.28. The molecule has 2 fully saturated rings. The molecule has 0 bridgehead atoms. The van der Waals surface area contributed by atoms with Crippen molar-refractivity contribution in [1.29, 1.82) is 0 Å². The molecule has 1 amide bonds. The van der Waals surface area contributed by atoms with Gasteiger partial charge in [-0.1, -0.05) is 18.6 Å². The Bertz CT molecular complexity index is 696. The van der Waals surface area contributed by atoms with Gasteiger partial charge < -0.3 is 9.64 Å². The van der Waals surface area contributed by atoms with Crippen LogP contribution >= 0.6 is 0 Å². The fraction of sp³-hybridized carbons (Fsp3) is 0.611. The highest BCUT2D eigenvalue weighted by Gasteiger charge is 2.26. The number of hydrogen-bond acceptors (Lipinski definition) is 4. The molecule has 0 saturated carbocycles. The third-order valence-corrected chi connectivity index (χ3v) is 6.74. The number of rotatable bonds is 4. The molecular weight excluding hydrogens is 340 g/mol. The lowest BCUT2D eigenvalue weighted by Crippen LogP contribution is -2.45. The maximum atomic E-state index is 12.6. The Kier molecular flexibility index (Phi) is 5.76. The standard InChI is InChI=1S/C18H26N2O4S/c1-15-14-19(11-12-24-15)18(21)13-16-5-7-17(8-6-16)25(22,23)20-9-3-2-4-10-20/h5-8,15H,2-4,9-14H2,1H3. The fourth-order valence-corrected chi connectivity index (χ4v) is 4.88. The van der Waals surface area contributed by atoms with Crippen molar-refractivity contribution < 1.29 is 17.9 Å². The van der Waals surface area contributed by atoms with E-state index in [1.165, 1.54) is 0 Å². The number of sulfonamides is 1. The van der Waals surface area contributed by atoms with Crippen LogP contribution in [-0.4, -0.2) is 62.4 Å². The van der Waals surface area contributed by atoms with E-state index in [1.54, 1.807) is 28.6 Å². The molecule has 2 saturated heterocycles. The summed E-state index contributed by atoms with van der Waals surface area (Å²) in [7, 11) is -3.41. The SMILES string of the molecule is CC1CN(C(=O)Cc2ccc(S(=O)(=O)N3CCCCC3)cc2)CCO1. The molecule has 25 heavy (non-hydrogen) atoms. The third-order valence-electron chi connectivity index (χ3n) is 4.83. The molecule has 2 aliphatic heterocycles. The molecule has 3 rings (SSSR count). The Labute approximate surface area is 149 Å². The van der Waals surface area contributed by atoms with Crippen LogP contribution in [0.3, 0.4) is 0 Å². The molecule has 6 nitrogen and oxygen atoms in total. The van der Waals surface area contributed by atoms with Crippen LogP contribution in [0.15, 0.2) is 29.2 Å². The number of benzene rings is 1. The van der Waals surface area contributed by atoms with Gasteiger partial charge in [-0.3, -0.25) is 4.79 Å². The highest BCUT2D eigenvalue weighted by Crippen LogP contribution is 2.21. The minimum atomic E-state index is -3.41. The van der Waals surface area contributed by atoms with E-state index >= 15 is 0 Å². The van der Waals surface area contributed by atoms with E-state index in [0.29, 0.717) is 37.7 Å². The molecule has 0 radical (unpaired) electrons. The van der Waals surface area contributed by atoms with Crippen LogP contribution in [0.4, 0.5) is 0 Å². The number of carbonyl (C=O) groups is 1. The van der Waals surface area contributed by atoms with Crippen LogP contribution in [-0.2, 0) is 26.0 Å². The van der Waals surface area contributed by atoms with Crippen LogP contribution in [0.2, 0.25) is 0 Å². The Balaban J connectivity index is 1.64. The molecular formula is C18H26N2O4S. The zero-order chi connectivity index (χ0) is 17.9. The summed E-state index contributed by atoms with van der Waals surface area (Å²) in [6, 6.07) is 6.74. The first-order valence-electron chi connectivity index (χ1n) is 8.95. The first-order chi connectivity index (χ1) is 12.0. The van der Waals surface area contributed by atoms with E-state index in [9.17, 15) is 13.2 Å². The Morgan fingerprint density at radius 2 is 1.80 bits per heavy atom. The number of nitrogens with zero attached hydrogens (tertiary/aromatic N) is 2. The van der Waals surface area contributed by atoms with Crippen LogP contribution in [0.5, 0.6) is 0 Å². The molecule has 2 aliphatic rings. The average Bonchev–Trinajstić information content (AvgIpc) is 2.63. The monoisotopic (exact) mass is 366 g/mol. The lowest BCUT2D eigenvalue weighted by Gasteiger charge is -2.31. The second kappa shape index (κ2) is 7.85. The van der Waals surface area contributed by atoms with Gasteiger partial charge >= 0.3 is 0 Å². The van der Waals surface area contributed by atoms with Crippen molar-refractivity contribution in [2.24, 2.45) is 0 Å². The molecule has 1 atom stereocenters. The van der Waals surface area contributed by atoms with Crippen molar-refractivity contribution >= 4 is 15.9 Å². The quantitative estimate of drug-likeness (QED) is 0.813. The lowest BCUT2D eigenvalue weighted by molar-refractivity contribution is -0.137. The van der Waals surface area contributed by atoms with Crippen molar-refractivity contribution in [3.05, 3.63) is 29.8 Å². The van der Waals surface area contributed by atoms with E-state index in [1.807, 2.05) is 11.8 Å². The number of amides is 1. The topological polar surface area (TPSA) is 66.9 Å². The smallest absolute Gasteiger partial charge is 0.243 e. The van der Waals surface area contributed by atoms with Crippen LogP contribution in [0.25, 0.3) is 0 Å². The molecule has 0 aromatic heterocycles. The molecule has 1 aromatic carbocycles. The van der Waals surface area contributed by atoms with Crippen molar-refractivity contribution in [2.45, 2.75) is 43.6 Å². The number of carbonyl (C=O) groups excluding carboxylic acids is 1. The lowest BCUT2D eigenvalue weighted by atomic mass is 10.1. The maximum Gasteiger partial charge on any atom is 0.243 e. The summed E-state index contributed by atoms with van der Waals surface area (Å²) < 4.78 is 32.3. The Morgan fingerprint density at radius 3 is 2.44 bits per heavy atom. The van der Waals surface area contributed by atoms with Gasteiger partial charge in [0.05, 0.1) is 24.0 Å². The van der Waals surface area contributed by atoms with Gasteiger partial charge in [-0.2, -0.15) is 4.31 Å². The predicted molar refractivity (Wildman–Crippen MR) is 94.7 cm³/mol. The highest BCUT2D eigenvalue weighted by atomic mass is 32.2. The number of ether oxygens (including phenoxy) is 1. The molecule has 0 N–H and O–H groups in total. The first kappa shape index (κ1) is 18.4. The van der Waals surface area contributed by atoms with E-state index in [-0.39, 0.29) is 18.4 Å². The van der Waals surface area contributed by atoms with Gasteiger partial charge in [0.25, 0.3) is 0 Å². The van der Waals surface area contributed by atoms with Crippen molar-refractivity contribution in [1.82, 2.24) is 9.21 Å². The minimum Gasteiger partial charge on any atom is -0.375 e. The highest BCUT2D eigenvalue weighted by molar-refractivity contribution is 7.89. The summed E-state index contributed by atoms with van der Waals surface area (Å²) in [5.74, 6) is 0.0572. The van der Waals surface area contributed by atoms with E-state index in [2.05, 4.69) is 0 Å². The van der Waals surface area contributed by atoms with E-state index in [4.69, 9.17) is 4.74 Å². The van der Waals surface area contributed by atoms with Crippen LogP contribution < -0.4 is 0 Å². The maximum absolute atomic E-state index is 12.6. The second-order valence-corrected chi connectivity index (χ2v) is 8.74. The summed E-state index contributed by atoms with van der Waals surface area (Å²) in [5.41, 5.74) is 0.835. The molecule has 0 aliphatic carbocycles. The minimum absolute atomic E-state index is 0.0572. The zero-order valence-electron chi connectivity index (χ0n) is 14.7. The van der Waals surface area contributed by atoms with Gasteiger partial charge in [0.1, 0.15) is 0 Å². The van der Waals surface area contributed by atoms with Crippen molar-refractivity contribution in [3.63, 3.8) is 0 Å². The second-order valence-electron chi connectivity index (χ2n) is 6.81. The Morgan fingerprint density at radius 1 is 1.12 bits per heavy atom. The van der Waals surface area contributed by atoms with Crippen molar-refractivity contribution in [2.75, 3.05) is 32.8 Å². The van der Waals surface area contributed by atoms with Gasteiger partial charge in [-0.15, -0.1) is 0 Å². The molecule has 1 aromatic rings.